The van der Waals surface area contributed by atoms with E-state index in [0.29, 0.717) is 12.2 Å². The number of urea groups is 1. The van der Waals surface area contributed by atoms with Crippen molar-refractivity contribution in [1.29, 1.82) is 0 Å². The van der Waals surface area contributed by atoms with E-state index in [1.165, 1.54) is 10.9 Å². The van der Waals surface area contributed by atoms with E-state index in [1.807, 2.05) is 17.5 Å². The number of nitrogens with zero attached hydrogens (tertiary/aromatic N) is 1. The molecule has 110 valence electrons. The summed E-state index contributed by atoms with van der Waals surface area (Å²) in [4.78, 5) is 25.9. The number of hydrogen-bond acceptors (Lipinski definition) is 3. The molecule has 0 spiro atoms. The van der Waals surface area contributed by atoms with Gasteiger partial charge in [0.1, 0.15) is 0 Å². The van der Waals surface area contributed by atoms with Crippen LogP contribution in [0.15, 0.2) is 41.8 Å². The number of carbonyl (C=O) groups is 2. The quantitative estimate of drug-likeness (QED) is 0.891. The number of para-hydroxylation sites is 1. The number of carbonyl (C=O) groups excluding carboxylic acids is 1. The Kier molecular flexibility index (Phi) is 4.94. The Morgan fingerprint density at radius 3 is 2.67 bits per heavy atom. The van der Waals surface area contributed by atoms with Crippen molar-refractivity contribution in [1.82, 2.24) is 4.90 Å². The molecular weight excluding hydrogens is 288 g/mol. The van der Waals surface area contributed by atoms with Gasteiger partial charge in [-0.15, -0.1) is 11.3 Å². The molecule has 1 aromatic carbocycles. The van der Waals surface area contributed by atoms with Crippen LogP contribution in [0.3, 0.4) is 0 Å². The molecular formula is C15H16N2O3S. The lowest BCUT2D eigenvalue weighted by Crippen LogP contribution is -2.33. The molecule has 0 fully saturated rings. The summed E-state index contributed by atoms with van der Waals surface area (Å²) in [5.41, 5.74) is 0.385. The maximum absolute atomic E-state index is 12.1. The molecule has 0 saturated carbocycles. The van der Waals surface area contributed by atoms with Crippen molar-refractivity contribution in [3.8, 4) is 0 Å². The summed E-state index contributed by atoms with van der Waals surface area (Å²) < 4.78 is 0. The second kappa shape index (κ2) is 6.90. The van der Waals surface area contributed by atoms with Gasteiger partial charge in [-0.2, -0.15) is 0 Å². The molecule has 0 bridgehead atoms. The third kappa shape index (κ3) is 4.06. The van der Waals surface area contributed by atoms with Gasteiger partial charge >= 0.3 is 12.0 Å². The number of benzene rings is 1. The second-order valence-electron chi connectivity index (χ2n) is 4.53. The van der Waals surface area contributed by atoms with Crippen LogP contribution in [0.5, 0.6) is 0 Å². The Hall–Kier alpha value is -2.34. The van der Waals surface area contributed by atoms with Crippen LogP contribution in [-0.4, -0.2) is 35.6 Å². The molecule has 0 aliphatic heterocycles. The van der Waals surface area contributed by atoms with Gasteiger partial charge in [0.15, 0.2) is 0 Å². The first kappa shape index (κ1) is 15.1. The molecule has 2 aromatic rings. The van der Waals surface area contributed by atoms with Gasteiger partial charge in [-0.25, -0.2) is 9.59 Å². The van der Waals surface area contributed by atoms with Crippen LogP contribution in [0.1, 0.15) is 15.2 Å². The van der Waals surface area contributed by atoms with E-state index in [4.69, 9.17) is 5.11 Å². The zero-order valence-electron chi connectivity index (χ0n) is 11.6. The summed E-state index contributed by atoms with van der Waals surface area (Å²) in [6.45, 7) is 0.571. The molecule has 0 aliphatic carbocycles. The second-order valence-corrected chi connectivity index (χ2v) is 5.56. The Morgan fingerprint density at radius 2 is 2.00 bits per heavy atom. The summed E-state index contributed by atoms with van der Waals surface area (Å²) in [5.74, 6) is -1.06. The topological polar surface area (TPSA) is 69.6 Å². The molecule has 2 N–H and O–H groups in total. The number of hydrogen-bond donors (Lipinski definition) is 2. The van der Waals surface area contributed by atoms with Crippen molar-refractivity contribution >= 4 is 29.0 Å². The van der Waals surface area contributed by atoms with Crippen molar-refractivity contribution in [2.75, 3.05) is 18.9 Å². The zero-order chi connectivity index (χ0) is 15.2. The minimum atomic E-state index is -1.06. The average molecular weight is 304 g/mol. The van der Waals surface area contributed by atoms with Crippen LogP contribution < -0.4 is 5.32 Å². The number of aromatic carboxylic acids is 1. The number of amides is 2. The largest absolute Gasteiger partial charge is 0.478 e. The van der Waals surface area contributed by atoms with E-state index in [1.54, 1.807) is 41.5 Å². The third-order valence-corrected chi connectivity index (χ3v) is 3.96. The number of carboxylic acids is 1. The summed E-state index contributed by atoms with van der Waals surface area (Å²) >= 11 is 1.65. The van der Waals surface area contributed by atoms with E-state index in [9.17, 15) is 9.59 Å². The van der Waals surface area contributed by atoms with Gasteiger partial charge < -0.3 is 15.3 Å². The Bertz CT molecular complexity index is 626. The maximum atomic E-state index is 12.1. The predicted molar refractivity (Wildman–Crippen MR) is 83.1 cm³/mol. The molecule has 0 aliphatic rings. The molecule has 1 heterocycles. The predicted octanol–water partition coefficient (Wildman–Crippen LogP) is 3.15. The van der Waals surface area contributed by atoms with Gasteiger partial charge in [-0.05, 0) is 30.0 Å². The fourth-order valence-electron chi connectivity index (χ4n) is 1.82. The van der Waals surface area contributed by atoms with Crippen molar-refractivity contribution in [2.24, 2.45) is 0 Å². The lowest BCUT2D eigenvalue weighted by atomic mass is 10.2. The molecule has 2 amide bonds. The molecule has 0 unspecified atom stereocenters. The van der Waals surface area contributed by atoms with Crippen LogP contribution >= 0.6 is 11.3 Å². The van der Waals surface area contributed by atoms with Gasteiger partial charge in [0.05, 0.1) is 11.3 Å². The number of anilines is 1. The van der Waals surface area contributed by atoms with Crippen molar-refractivity contribution in [2.45, 2.75) is 6.42 Å². The van der Waals surface area contributed by atoms with E-state index in [0.717, 1.165) is 6.42 Å². The van der Waals surface area contributed by atoms with E-state index in [-0.39, 0.29) is 11.6 Å². The summed E-state index contributed by atoms with van der Waals surface area (Å²) in [6, 6.07) is 10.0. The molecule has 1 aromatic heterocycles. The first-order chi connectivity index (χ1) is 10.1. The fourth-order valence-corrected chi connectivity index (χ4v) is 2.52. The molecule has 6 heteroatoms. The normalized spacial score (nSPS) is 10.1. The highest BCUT2D eigenvalue weighted by atomic mass is 32.1. The molecule has 0 radical (unpaired) electrons. The fraction of sp³-hybridized carbons (Fsp3) is 0.200. The van der Waals surface area contributed by atoms with E-state index >= 15 is 0 Å². The van der Waals surface area contributed by atoms with E-state index in [2.05, 4.69) is 5.32 Å². The Labute approximate surface area is 126 Å². The lowest BCUT2D eigenvalue weighted by Gasteiger charge is -2.18. The zero-order valence-corrected chi connectivity index (χ0v) is 12.4. The van der Waals surface area contributed by atoms with Crippen molar-refractivity contribution < 1.29 is 14.7 Å². The van der Waals surface area contributed by atoms with Gasteiger partial charge in [-0.3, -0.25) is 0 Å². The van der Waals surface area contributed by atoms with Crippen LogP contribution in [0.25, 0.3) is 0 Å². The van der Waals surface area contributed by atoms with Gasteiger partial charge in [-0.1, -0.05) is 18.2 Å². The smallest absolute Gasteiger partial charge is 0.337 e. The highest BCUT2D eigenvalue weighted by Gasteiger charge is 2.14. The van der Waals surface area contributed by atoms with Crippen molar-refractivity contribution in [3.63, 3.8) is 0 Å². The third-order valence-electron chi connectivity index (χ3n) is 3.02. The van der Waals surface area contributed by atoms with Crippen molar-refractivity contribution in [3.05, 3.63) is 52.2 Å². The average Bonchev–Trinajstić information content (AvgIpc) is 2.98. The van der Waals surface area contributed by atoms with Gasteiger partial charge in [0.25, 0.3) is 0 Å². The maximum Gasteiger partial charge on any atom is 0.337 e. The van der Waals surface area contributed by atoms with Gasteiger partial charge in [0.2, 0.25) is 0 Å². The van der Waals surface area contributed by atoms with Gasteiger partial charge in [0, 0.05) is 18.5 Å². The van der Waals surface area contributed by atoms with Crippen LogP contribution in [-0.2, 0) is 6.42 Å². The SMILES string of the molecule is CN(CCc1cccs1)C(=O)Nc1ccccc1C(=O)O. The lowest BCUT2D eigenvalue weighted by molar-refractivity contribution is 0.0698. The number of thiophene rings is 1. The highest BCUT2D eigenvalue weighted by molar-refractivity contribution is 7.09. The molecule has 21 heavy (non-hydrogen) atoms. The monoisotopic (exact) mass is 304 g/mol. The Balaban J connectivity index is 1.96. The Morgan fingerprint density at radius 1 is 1.24 bits per heavy atom. The molecule has 0 saturated heterocycles. The standard InChI is InChI=1S/C15H16N2O3S/c1-17(9-8-11-5-4-10-21-11)15(20)16-13-7-3-2-6-12(13)14(18)19/h2-7,10H,8-9H2,1H3,(H,16,20)(H,18,19). The molecule has 0 atom stereocenters. The van der Waals surface area contributed by atoms with Crippen LogP contribution in [0, 0.1) is 0 Å². The van der Waals surface area contributed by atoms with Crippen LogP contribution in [0.2, 0.25) is 0 Å². The molecule has 5 nitrogen and oxygen atoms in total. The number of nitrogens with one attached hydrogen (secondary N) is 1. The molecule has 2 rings (SSSR count). The summed E-state index contributed by atoms with van der Waals surface area (Å²) in [7, 11) is 1.69. The minimum absolute atomic E-state index is 0.0810. The summed E-state index contributed by atoms with van der Waals surface area (Å²) in [6.07, 6.45) is 0.780. The summed E-state index contributed by atoms with van der Waals surface area (Å²) in [5, 5.41) is 13.7. The first-order valence-corrected chi connectivity index (χ1v) is 7.32. The number of rotatable bonds is 5. The van der Waals surface area contributed by atoms with E-state index < -0.39 is 5.97 Å². The minimum Gasteiger partial charge on any atom is -0.478 e. The number of likely N-dealkylation sites (N-methyl/N-ethyl adjacent to an activating group) is 1. The number of carboxylic acid groups (broad SMARTS) is 1. The highest BCUT2D eigenvalue weighted by Crippen LogP contribution is 2.15. The van der Waals surface area contributed by atoms with Crippen LogP contribution in [0.4, 0.5) is 10.5 Å². The first-order valence-electron chi connectivity index (χ1n) is 6.44.